The zero-order valence-corrected chi connectivity index (χ0v) is 20.6. The van der Waals surface area contributed by atoms with Crippen molar-refractivity contribution in [2.45, 2.75) is 20.5 Å². The van der Waals surface area contributed by atoms with Gasteiger partial charge in [0.05, 0.1) is 9.79 Å². The largest absolute Gasteiger partial charge is 0.219 e. The zero-order chi connectivity index (χ0) is 21.8. The van der Waals surface area contributed by atoms with Crippen LogP contribution in [0.5, 0.6) is 0 Å². The van der Waals surface area contributed by atoms with Crippen LogP contribution < -0.4 is 0 Å². The maximum atomic E-state index is 13.1. The predicted octanol–water partition coefficient (Wildman–Crippen LogP) is 7.64. The van der Waals surface area contributed by atoms with Crippen molar-refractivity contribution >= 4 is 41.7 Å². The average Bonchev–Trinajstić information content (AvgIpc) is 2.84. The Bertz CT molecular complexity index is 1160. The molecule has 0 aliphatic carbocycles. The highest BCUT2D eigenvalue weighted by molar-refractivity contribution is 9.08. The number of halogens is 2. The Hall–Kier alpha value is -2.21. The van der Waals surface area contributed by atoms with Crippen molar-refractivity contribution in [2.75, 3.05) is 0 Å². The second kappa shape index (κ2) is 9.51. The molecule has 4 aromatic rings. The van der Waals surface area contributed by atoms with Crippen molar-refractivity contribution in [2.24, 2.45) is 0 Å². The lowest BCUT2D eigenvalue weighted by Crippen LogP contribution is -2.01. The fourth-order valence-corrected chi connectivity index (χ4v) is 5.37. The van der Waals surface area contributed by atoms with Crippen molar-refractivity contribution in [3.05, 3.63) is 108 Å². The lowest BCUT2D eigenvalue weighted by atomic mass is 10.0. The second-order valence-electron chi connectivity index (χ2n) is 7.21. The average molecular weight is 556 g/mol. The fourth-order valence-electron chi connectivity index (χ4n) is 3.36. The molecule has 31 heavy (non-hydrogen) atoms. The van der Waals surface area contributed by atoms with E-state index in [1.807, 2.05) is 48.5 Å². The summed E-state index contributed by atoms with van der Waals surface area (Å²) in [7, 11) is -3.57. The Kier molecular flexibility index (Phi) is 6.75. The van der Waals surface area contributed by atoms with Gasteiger partial charge in [0.25, 0.3) is 0 Å². The van der Waals surface area contributed by atoms with Crippen LogP contribution in [0.3, 0.4) is 0 Å². The first-order valence-electron chi connectivity index (χ1n) is 9.77. The molecule has 156 valence electrons. The smallest absolute Gasteiger partial charge is 0.206 e. The summed E-state index contributed by atoms with van der Waals surface area (Å²) >= 11 is 6.89. The van der Waals surface area contributed by atoms with E-state index in [9.17, 15) is 8.42 Å². The summed E-state index contributed by atoms with van der Waals surface area (Å²) in [4.78, 5) is 0.588. The van der Waals surface area contributed by atoms with Crippen LogP contribution in [-0.2, 0) is 20.5 Å². The third kappa shape index (κ3) is 4.84. The maximum Gasteiger partial charge on any atom is 0.206 e. The van der Waals surface area contributed by atoms with Gasteiger partial charge in [-0.3, -0.25) is 0 Å². The molecule has 5 heteroatoms. The zero-order valence-electron chi connectivity index (χ0n) is 16.6. The first-order valence-corrected chi connectivity index (χ1v) is 13.5. The highest BCUT2D eigenvalue weighted by Gasteiger charge is 2.17. The Morgan fingerprint density at radius 1 is 0.452 bits per heavy atom. The van der Waals surface area contributed by atoms with Gasteiger partial charge in [0.1, 0.15) is 0 Å². The van der Waals surface area contributed by atoms with Crippen LogP contribution in [0.15, 0.2) is 107 Å². The van der Waals surface area contributed by atoms with Crippen LogP contribution in [0.25, 0.3) is 22.3 Å². The molecule has 0 aliphatic heterocycles. The summed E-state index contributed by atoms with van der Waals surface area (Å²) in [6.07, 6.45) is 0. The topological polar surface area (TPSA) is 34.1 Å². The second-order valence-corrected chi connectivity index (χ2v) is 10.3. The van der Waals surface area contributed by atoms with E-state index in [1.165, 1.54) is 11.1 Å². The minimum absolute atomic E-state index is 0.294. The van der Waals surface area contributed by atoms with Crippen LogP contribution >= 0.6 is 31.9 Å². The van der Waals surface area contributed by atoms with E-state index in [1.54, 1.807) is 24.3 Å². The highest BCUT2D eigenvalue weighted by Crippen LogP contribution is 2.28. The van der Waals surface area contributed by atoms with Gasteiger partial charge in [0, 0.05) is 10.7 Å². The molecule has 0 heterocycles. The molecule has 0 amide bonds. The van der Waals surface area contributed by atoms with Crippen LogP contribution in [-0.4, -0.2) is 8.42 Å². The van der Waals surface area contributed by atoms with E-state index >= 15 is 0 Å². The molecule has 0 aliphatic rings. The highest BCUT2D eigenvalue weighted by atomic mass is 79.9. The third-order valence-corrected chi connectivity index (χ3v) is 8.29. The van der Waals surface area contributed by atoms with Gasteiger partial charge in [-0.15, -0.1) is 0 Å². The van der Waals surface area contributed by atoms with Crippen molar-refractivity contribution in [3.63, 3.8) is 0 Å². The summed E-state index contributed by atoms with van der Waals surface area (Å²) in [6.45, 7) is 0. The summed E-state index contributed by atoms with van der Waals surface area (Å²) in [5.74, 6) is 0. The SMILES string of the molecule is O=S(=O)(c1ccc(-c2ccc(CBr)cc2)cc1)c1ccc(-c2ccc(CBr)cc2)cc1. The van der Waals surface area contributed by atoms with Crippen LogP contribution in [0.2, 0.25) is 0 Å². The van der Waals surface area contributed by atoms with Crippen LogP contribution in [0.1, 0.15) is 11.1 Å². The van der Waals surface area contributed by atoms with Gasteiger partial charge in [-0.1, -0.05) is 105 Å². The molecule has 0 radical (unpaired) electrons. The number of rotatable bonds is 6. The molecule has 0 bridgehead atoms. The molecule has 2 nitrogen and oxygen atoms in total. The van der Waals surface area contributed by atoms with E-state index in [-0.39, 0.29) is 0 Å². The lowest BCUT2D eigenvalue weighted by Gasteiger charge is -2.08. The molecule has 0 unspecified atom stereocenters. The van der Waals surface area contributed by atoms with E-state index in [2.05, 4.69) is 56.1 Å². The van der Waals surface area contributed by atoms with E-state index < -0.39 is 9.84 Å². The van der Waals surface area contributed by atoms with Crippen molar-refractivity contribution in [1.29, 1.82) is 0 Å². The molecule has 0 N–H and O–H groups in total. The molecular formula is C26H20Br2O2S. The minimum atomic E-state index is -3.57. The molecule has 0 atom stereocenters. The quantitative estimate of drug-likeness (QED) is 0.229. The summed E-state index contributed by atoms with van der Waals surface area (Å²) in [5, 5.41) is 1.62. The Balaban J connectivity index is 1.57. The molecular weight excluding hydrogens is 536 g/mol. The molecule has 0 spiro atoms. The third-order valence-electron chi connectivity index (χ3n) is 5.21. The Labute approximate surface area is 200 Å². The molecule has 0 aromatic heterocycles. The van der Waals surface area contributed by atoms with Crippen molar-refractivity contribution in [1.82, 2.24) is 0 Å². The lowest BCUT2D eigenvalue weighted by molar-refractivity contribution is 0.596. The van der Waals surface area contributed by atoms with Crippen LogP contribution in [0.4, 0.5) is 0 Å². The van der Waals surface area contributed by atoms with Gasteiger partial charge in [-0.2, -0.15) is 0 Å². The standard InChI is InChI=1S/C26H20Br2O2S/c27-17-19-1-5-21(6-2-19)23-9-13-25(14-10-23)31(29,30)26-15-11-24(12-16-26)22-7-3-20(18-28)4-8-22/h1-16H,17-18H2. The number of alkyl halides is 2. The number of sulfone groups is 1. The van der Waals surface area contributed by atoms with E-state index in [0.29, 0.717) is 9.79 Å². The summed E-state index contributed by atoms with van der Waals surface area (Å²) in [6, 6.07) is 30.6. The number of benzene rings is 4. The van der Waals surface area contributed by atoms with Gasteiger partial charge < -0.3 is 0 Å². The van der Waals surface area contributed by atoms with Gasteiger partial charge in [0.15, 0.2) is 0 Å². The molecule has 4 rings (SSSR count). The fraction of sp³-hybridized carbons (Fsp3) is 0.0769. The summed E-state index contributed by atoms with van der Waals surface area (Å²) < 4.78 is 26.2. The van der Waals surface area contributed by atoms with Gasteiger partial charge in [-0.05, 0) is 57.6 Å². The first kappa shape index (κ1) is 22.0. The van der Waals surface area contributed by atoms with Crippen LogP contribution in [0, 0.1) is 0 Å². The van der Waals surface area contributed by atoms with E-state index in [0.717, 1.165) is 32.9 Å². The first-order chi connectivity index (χ1) is 15.0. The van der Waals surface area contributed by atoms with Gasteiger partial charge in [0.2, 0.25) is 9.84 Å². The monoisotopic (exact) mass is 554 g/mol. The number of hydrogen-bond donors (Lipinski definition) is 0. The maximum absolute atomic E-state index is 13.1. The number of hydrogen-bond acceptors (Lipinski definition) is 2. The van der Waals surface area contributed by atoms with Gasteiger partial charge >= 0.3 is 0 Å². The molecule has 0 saturated heterocycles. The summed E-state index contributed by atoms with van der Waals surface area (Å²) in [5.41, 5.74) is 6.49. The molecule has 4 aromatic carbocycles. The predicted molar refractivity (Wildman–Crippen MR) is 134 cm³/mol. The normalized spacial score (nSPS) is 11.4. The van der Waals surface area contributed by atoms with Gasteiger partial charge in [-0.25, -0.2) is 8.42 Å². The van der Waals surface area contributed by atoms with Crippen molar-refractivity contribution in [3.8, 4) is 22.3 Å². The minimum Gasteiger partial charge on any atom is -0.219 e. The Morgan fingerprint density at radius 3 is 0.968 bits per heavy atom. The molecule has 0 saturated carbocycles. The Morgan fingerprint density at radius 2 is 0.710 bits per heavy atom. The molecule has 0 fully saturated rings. The van der Waals surface area contributed by atoms with Crippen molar-refractivity contribution < 1.29 is 8.42 Å². The van der Waals surface area contributed by atoms with E-state index in [4.69, 9.17) is 0 Å².